The first-order valence-electron chi connectivity index (χ1n) is 9.84. The van der Waals surface area contributed by atoms with Gasteiger partial charge in [0.2, 0.25) is 0 Å². The first kappa shape index (κ1) is 21.3. The van der Waals surface area contributed by atoms with E-state index in [2.05, 4.69) is 9.93 Å². The third-order valence-electron chi connectivity index (χ3n) is 4.81. The van der Waals surface area contributed by atoms with Crippen LogP contribution in [0.15, 0.2) is 101 Å². The van der Waals surface area contributed by atoms with E-state index in [-0.39, 0.29) is 10.6 Å². The van der Waals surface area contributed by atoms with E-state index in [1.807, 2.05) is 43.3 Å². The lowest BCUT2D eigenvalue weighted by Crippen LogP contribution is -2.18. The molecule has 160 valence electrons. The highest BCUT2D eigenvalue weighted by atomic mass is 32.2. The molecule has 6 nitrogen and oxygen atoms in total. The Labute approximate surface area is 186 Å². The predicted octanol–water partition coefficient (Wildman–Crippen LogP) is 4.68. The number of carbonyl (C=O) groups excluding carboxylic acids is 1. The smallest absolute Gasteiger partial charge is 0.343 e. The van der Waals surface area contributed by atoms with Crippen molar-refractivity contribution < 1.29 is 17.9 Å². The van der Waals surface area contributed by atoms with Crippen LogP contribution in [0.2, 0.25) is 0 Å². The van der Waals surface area contributed by atoms with Gasteiger partial charge in [-0.25, -0.2) is 9.63 Å². The summed E-state index contributed by atoms with van der Waals surface area (Å²) >= 11 is 0. The van der Waals surface area contributed by atoms with Gasteiger partial charge in [0.1, 0.15) is 5.75 Å². The van der Waals surface area contributed by atoms with Crippen molar-refractivity contribution >= 4 is 33.0 Å². The van der Waals surface area contributed by atoms with Gasteiger partial charge in [0.25, 0.3) is 10.0 Å². The number of ether oxygens (including phenoxy) is 1. The molecule has 0 saturated heterocycles. The van der Waals surface area contributed by atoms with Gasteiger partial charge in [-0.1, -0.05) is 66.2 Å². The van der Waals surface area contributed by atoms with Crippen LogP contribution in [0.4, 0.5) is 0 Å². The van der Waals surface area contributed by atoms with E-state index in [1.54, 1.807) is 42.5 Å². The van der Waals surface area contributed by atoms with Crippen molar-refractivity contribution in [3.05, 3.63) is 108 Å². The average Bonchev–Trinajstić information content (AvgIpc) is 2.80. The fraction of sp³-hybridized carbons (Fsp3) is 0.0400. The largest absolute Gasteiger partial charge is 0.422 e. The van der Waals surface area contributed by atoms with E-state index in [0.29, 0.717) is 11.1 Å². The molecule has 0 saturated carbocycles. The monoisotopic (exact) mass is 444 g/mol. The van der Waals surface area contributed by atoms with Gasteiger partial charge in [0.05, 0.1) is 16.7 Å². The number of hydrogen-bond donors (Lipinski definition) is 1. The molecule has 4 aromatic rings. The first-order valence-corrected chi connectivity index (χ1v) is 11.3. The number of hydrazone groups is 1. The van der Waals surface area contributed by atoms with Crippen molar-refractivity contribution in [1.29, 1.82) is 0 Å². The van der Waals surface area contributed by atoms with Crippen LogP contribution >= 0.6 is 0 Å². The summed E-state index contributed by atoms with van der Waals surface area (Å²) in [5.41, 5.74) is 1.85. The van der Waals surface area contributed by atoms with Gasteiger partial charge in [-0.15, -0.1) is 0 Å². The van der Waals surface area contributed by atoms with Crippen LogP contribution in [0.5, 0.6) is 5.75 Å². The van der Waals surface area contributed by atoms with Crippen molar-refractivity contribution in [2.24, 2.45) is 5.10 Å². The van der Waals surface area contributed by atoms with Crippen LogP contribution in [0.1, 0.15) is 21.5 Å². The minimum Gasteiger partial charge on any atom is -0.422 e. The van der Waals surface area contributed by atoms with Gasteiger partial charge in [-0.3, -0.25) is 0 Å². The van der Waals surface area contributed by atoms with Crippen LogP contribution in [0.25, 0.3) is 10.8 Å². The first-order chi connectivity index (χ1) is 15.4. The lowest BCUT2D eigenvalue weighted by Gasteiger charge is -2.11. The molecule has 4 aromatic carbocycles. The molecule has 0 unspecified atom stereocenters. The van der Waals surface area contributed by atoms with E-state index in [9.17, 15) is 13.2 Å². The van der Waals surface area contributed by atoms with Gasteiger partial charge >= 0.3 is 5.97 Å². The van der Waals surface area contributed by atoms with E-state index in [0.717, 1.165) is 16.3 Å². The normalized spacial score (nSPS) is 11.5. The molecule has 0 heterocycles. The number of esters is 1. The van der Waals surface area contributed by atoms with Crippen molar-refractivity contribution in [2.45, 2.75) is 11.8 Å². The van der Waals surface area contributed by atoms with E-state index >= 15 is 0 Å². The highest BCUT2D eigenvalue weighted by Crippen LogP contribution is 2.27. The van der Waals surface area contributed by atoms with E-state index in [4.69, 9.17) is 4.74 Å². The molecule has 4 rings (SSSR count). The summed E-state index contributed by atoms with van der Waals surface area (Å²) in [5, 5.41) is 5.61. The highest BCUT2D eigenvalue weighted by Gasteiger charge is 2.15. The lowest BCUT2D eigenvalue weighted by atomic mass is 10.0. The van der Waals surface area contributed by atoms with Crippen LogP contribution in [0.3, 0.4) is 0 Å². The molecule has 0 aliphatic rings. The summed E-state index contributed by atoms with van der Waals surface area (Å²) in [4.78, 5) is 15.0. The Hall–Kier alpha value is -3.97. The SMILES string of the molecule is Cc1cccc(C(=O)Oc2ccc3ccccc3c2/C=N/NS(=O)(=O)c2ccccc2)c1. The van der Waals surface area contributed by atoms with Gasteiger partial charge in [0.15, 0.2) is 0 Å². The van der Waals surface area contributed by atoms with Crippen molar-refractivity contribution in [2.75, 3.05) is 0 Å². The van der Waals surface area contributed by atoms with Crippen molar-refractivity contribution in [3.8, 4) is 5.75 Å². The molecule has 32 heavy (non-hydrogen) atoms. The summed E-state index contributed by atoms with van der Waals surface area (Å²) in [7, 11) is -3.82. The maximum Gasteiger partial charge on any atom is 0.343 e. The Morgan fingerprint density at radius 2 is 1.66 bits per heavy atom. The van der Waals surface area contributed by atoms with Gasteiger partial charge in [-0.05, 0) is 48.0 Å². The third-order valence-corrected chi connectivity index (χ3v) is 6.05. The Morgan fingerprint density at radius 3 is 2.44 bits per heavy atom. The maximum absolute atomic E-state index is 12.7. The molecule has 7 heteroatoms. The van der Waals surface area contributed by atoms with Gasteiger partial charge in [-0.2, -0.15) is 13.5 Å². The maximum atomic E-state index is 12.7. The molecule has 0 bridgehead atoms. The number of nitrogens with zero attached hydrogens (tertiary/aromatic N) is 1. The number of sulfonamides is 1. The summed E-state index contributed by atoms with van der Waals surface area (Å²) in [6, 6.07) is 26.0. The van der Waals surface area contributed by atoms with E-state index in [1.165, 1.54) is 18.3 Å². The fourth-order valence-electron chi connectivity index (χ4n) is 3.24. The average molecular weight is 445 g/mol. The number of benzene rings is 4. The zero-order valence-corrected chi connectivity index (χ0v) is 18.0. The molecule has 0 amide bonds. The topological polar surface area (TPSA) is 84.8 Å². The second-order valence-corrected chi connectivity index (χ2v) is 8.78. The highest BCUT2D eigenvalue weighted by molar-refractivity contribution is 7.89. The van der Waals surface area contributed by atoms with E-state index < -0.39 is 16.0 Å². The predicted molar refractivity (Wildman–Crippen MR) is 124 cm³/mol. The van der Waals surface area contributed by atoms with Crippen molar-refractivity contribution in [3.63, 3.8) is 0 Å². The van der Waals surface area contributed by atoms with Gasteiger partial charge < -0.3 is 4.74 Å². The number of nitrogens with one attached hydrogen (secondary N) is 1. The van der Waals surface area contributed by atoms with Crippen LogP contribution in [-0.2, 0) is 10.0 Å². The summed E-state index contributed by atoms with van der Waals surface area (Å²) in [5.74, 6) is -0.235. The number of fused-ring (bicyclic) bond motifs is 1. The van der Waals surface area contributed by atoms with Crippen molar-refractivity contribution in [1.82, 2.24) is 4.83 Å². The molecule has 0 aromatic heterocycles. The van der Waals surface area contributed by atoms with Crippen LogP contribution in [-0.4, -0.2) is 20.6 Å². The number of carbonyl (C=O) groups is 1. The molecule has 0 radical (unpaired) electrons. The number of hydrogen-bond acceptors (Lipinski definition) is 5. The second-order valence-electron chi connectivity index (χ2n) is 7.12. The minimum absolute atomic E-state index is 0.0983. The Kier molecular flexibility index (Phi) is 6.00. The number of rotatable bonds is 6. The second kappa shape index (κ2) is 9.03. The molecular formula is C25H20N2O4S. The van der Waals surface area contributed by atoms with Crippen LogP contribution < -0.4 is 9.57 Å². The molecular weight excluding hydrogens is 424 g/mol. The molecule has 0 fully saturated rings. The third kappa shape index (κ3) is 4.68. The summed E-state index contributed by atoms with van der Waals surface area (Å²) < 4.78 is 30.6. The zero-order chi connectivity index (χ0) is 22.6. The molecule has 0 aliphatic carbocycles. The minimum atomic E-state index is -3.82. The summed E-state index contributed by atoms with van der Waals surface area (Å²) in [6.45, 7) is 1.89. The fourth-order valence-corrected chi connectivity index (χ4v) is 4.05. The standard InChI is InChI=1S/C25H20N2O4S/c1-18-8-7-10-20(16-18)25(28)31-24-15-14-19-9-5-6-13-22(19)23(24)17-26-27-32(29,30)21-11-3-2-4-12-21/h2-17,27H,1H3/b26-17+. The quantitative estimate of drug-likeness (QED) is 0.203. The Bertz CT molecular complexity index is 1410. The van der Waals surface area contributed by atoms with Crippen LogP contribution in [0, 0.1) is 6.92 Å². The Balaban J connectivity index is 1.67. The molecule has 0 spiro atoms. The number of aryl methyl sites for hydroxylation is 1. The lowest BCUT2D eigenvalue weighted by molar-refractivity contribution is 0.0734. The van der Waals surface area contributed by atoms with Gasteiger partial charge in [0, 0.05) is 5.56 Å². The molecule has 1 N–H and O–H groups in total. The Morgan fingerprint density at radius 1 is 0.906 bits per heavy atom. The zero-order valence-electron chi connectivity index (χ0n) is 17.2. The molecule has 0 aliphatic heterocycles. The summed E-state index contributed by atoms with van der Waals surface area (Å²) in [6.07, 6.45) is 1.35. The molecule has 0 atom stereocenters.